The first-order chi connectivity index (χ1) is 12.0. The van der Waals surface area contributed by atoms with Crippen LogP contribution >= 0.6 is 0 Å². The molecule has 136 valence electrons. The Kier molecular flexibility index (Phi) is 5.27. The molecule has 2 fully saturated rings. The molecule has 0 saturated carbocycles. The zero-order valence-electron chi connectivity index (χ0n) is 14.7. The van der Waals surface area contributed by atoms with Gasteiger partial charge in [-0.05, 0) is 45.0 Å². The van der Waals surface area contributed by atoms with Crippen molar-refractivity contribution in [3.8, 4) is 5.75 Å². The number of para-hydroxylation sites is 1. The van der Waals surface area contributed by atoms with E-state index >= 15 is 0 Å². The lowest BCUT2D eigenvalue weighted by Gasteiger charge is -2.51. The molecule has 3 rings (SSSR count). The SMILES string of the molecule is CN1CCC[C@]2(C(=O)O)CCN(C(=O)CCOc3ccccc3)C[C@@H]12. The number of carboxylic acids is 1. The number of amides is 1. The van der Waals surface area contributed by atoms with Gasteiger partial charge in [0.25, 0.3) is 0 Å². The summed E-state index contributed by atoms with van der Waals surface area (Å²) in [5.74, 6) is 0.0725. The molecule has 1 aromatic carbocycles. The van der Waals surface area contributed by atoms with E-state index in [2.05, 4.69) is 4.90 Å². The van der Waals surface area contributed by atoms with Crippen LogP contribution in [0.3, 0.4) is 0 Å². The molecule has 0 radical (unpaired) electrons. The van der Waals surface area contributed by atoms with Crippen LogP contribution in [0.1, 0.15) is 25.7 Å². The van der Waals surface area contributed by atoms with Crippen molar-refractivity contribution in [3.63, 3.8) is 0 Å². The molecule has 0 bridgehead atoms. The number of carboxylic acid groups (broad SMARTS) is 1. The smallest absolute Gasteiger partial charge is 0.311 e. The summed E-state index contributed by atoms with van der Waals surface area (Å²) >= 11 is 0. The first kappa shape index (κ1) is 17.7. The molecule has 1 aromatic rings. The highest BCUT2D eigenvalue weighted by atomic mass is 16.5. The molecular weight excluding hydrogens is 320 g/mol. The number of nitrogens with zero attached hydrogens (tertiary/aromatic N) is 2. The highest BCUT2D eigenvalue weighted by Crippen LogP contribution is 2.42. The van der Waals surface area contributed by atoms with Crippen molar-refractivity contribution in [2.45, 2.75) is 31.7 Å². The Bertz CT molecular complexity index is 621. The van der Waals surface area contributed by atoms with Crippen LogP contribution in [-0.2, 0) is 9.59 Å². The minimum Gasteiger partial charge on any atom is -0.493 e. The van der Waals surface area contributed by atoms with Gasteiger partial charge in [-0.1, -0.05) is 18.2 Å². The van der Waals surface area contributed by atoms with Gasteiger partial charge < -0.3 is 19.6 Å². The van der Waals surface area contributed by atoms with Crippen LogP contribution in [0.15, 0.2) is 30.3 Å². The molecule has 0 spiro atoms. The van der Waals surface area contributed by atoms with E-state index in [-0.39, 0.29) is 11.9 Å². The van der Waals surface area contributed by atoms with Crippen LogP contribution < -0.4 is 4.74 Å². The number of likely N-dealkylation sites (tertiary alicyclic amines) is 2. The fourth-order valence-corrected chi connectivity index (χ4v) is 4.14. The molecule has 6 heteroatoms. The monoisotopic (exact) mass is 346 g/mol. The summed E-state index contributed by atoms with van der Waals surface area (Å²) < 4.78 is 5.60. The number of carbonyl (C=O) groups is 2. The standard InChI is InChI=1S/C19H26N2O4/c1-20-11-5-9-19(18(23)24)10-12-21(14-16(19)20)17(22)8-13-25-15-6-3-2-4-7-15/h2-4,6-7,16H,5,8-14H2,1H3,(H,23,24)/t16-,19+/m1/s1. The van der Waals surface area contributed by atoms with Crippen LogP contribution in [-0.4, -0.2) is 66.1 Å². The number of fused-ring (bicyclic) bond motifs is 1. The molecule has 1 N–H and O–H groups in total. The quantitative estimate of drug-likeness (QED) is 0.881. The number of hydrogen-bond acceptors (Lipinski definition) is 4. The molecule has 0 aliphatic carbocycles. The van der Waals surface area contributed by atoms with E-state index in [4.69, 9.17) is 4.74 Å². The molecule has 0 unspecified atom stereocenters. The fourth-order valence-electron chi connectivity index (χ4n) is 4.14. The van der Waals surface area contributed by atoms with E-state index in [1.807, 2.05) is 42.3 Å². The maximum atomic E-state index is 12.5. The number of piperidine rings is 2. The Morgan fingerprint density at radius 3 is 2.72 bits per heavy atom. The highest BCUT2D eigenvalue weighted by molar-refractivity contribution is 5.79. The summed E-state index contributed by atoms with van der Waals surface area (Å²) in [5, 5.41) is 9.78. The Balaban J connectivity index is 1.57. The lowest BCUT2D eigenvalue weighted by Crippen LogP contribution is -2.63. The average Bonchev–Trinajstić information content (AvgIpc) is 2.62. The molecule has 0 aromatic heterocycles. The van der Waals surface area contributed by atoms with E-state index in [1.165, 1.54) is 0 Å². The number of ether oxygens (including phenoxy) is 1. The van der Waals surface area contributed by atoms with Crippen molar-refractivity contribution in [2.75, 3.05) is 33.3 Å². The van der Waals surface area contributed by atoms with E-state index in [1.54, 1.807) is 0 Å². The maximum Gasteiger partial charge on any atom is 0.311 e. The normalized spacial score (nSPS) is 26.8. The van der Waals surface area contributed by atoms with Gasteiger partial charge in [0, 0.05) is 19.1 Å². The van der Waals surface area contributed by atoms with Gasteiger partial charge in [0.05, 0.1) is 18.4 Å². The van der Waals surface area contributed by atoms with Crippen molar-refractivity contribution in [1.29, 1.82) is 0 Å². The first-order valence-corrected chi connectivity index (χ1v) is 8.92. The minimum atomic E-state index is -0.719. The topological polar surface area (TPSA) is 70.1 Å². The zero-order valence-corrected chi connectivity index (χ0v) is 14.7. The predicted molar refractivity (Wildman–Crippen MR) is 93.5 cm³/mol. The molecule has 2 aliphatic heterocycles. The van der Waals surface area contributed by atoms with Crippen LogP contribution in [0.25, 0.3) is 0 Å². The second-order valence-corrected chi connectivity index (χ2v) is 7.06. The molecular formula is C19H26N2O4. The molecule has 6 nitrogen and oxygen atoms in total. The molecule has 2 aliphatic rings. The Morgan fingerprint density at radius 1 is 1.24 bits per heavy atom. The van der Waals surface area contributed by atoms with Crippen LogP contribution in [0.4, 0.5) is 0 Å². The fraction of sp³-hybridized carbons (Fsp3) is 0.579. The first-order valence-electron chi connectivity index (χ1n) is 8.92. The maximum absolute atomic E-state index is 12.5. The summed E-state index contributed by atoms with van der Waals surface area (Å²) in [7, 11) is 1.97. The Hall–Kier alpha value is -2.08. The highest BCUT2D eigenvalue weighted by Gasteiger charge is 2.52. The third-order valence-electron chi connectivity index (χ3n) is 5.63. The third-order valence-corrected chi connectivity index (χ3v) is 5.63. The largest absolute Gasteiger partial charge is 0.493 e. The van der Waals surface area contributed by atoms with Crippen LogP contribution in [0.5, 0.6) is 5.75 Å². The molecule has 2 saturated heterocycles. The third kappa shape index (κ3) is 3.63. The van der Waals surface area contributed by atoms with Gasteiger partial charge in [-0.15, -0.1) is 0 Å². The number of aliphatic carboxylic acids is 1. The van der Waals surface area contributed by atoms with Gasteiger partial charge in [-0.3, -0.25) is 9.59 Å². The minimum absolute atomic E-state index is 0.0360. The van der Waals surface area contributed by atoms with Crippen molar-refractivity contribution in [3.05, 3.63) is 30.3 Å². The molecule has 1 amide bonds. The summed E-state index contributed by atoms with van der Waals surface area (Å²) in [6.45, 7) is 2.23. The summed E-state index contributed by atoms with van der Waals surface area (Å²) in [5.41, 5.74) is -0.704. The average molecular weight is 346 g/mol. The van der Waals surface area contributed by atoms with Gasteiger partial charge in [-0.25, -0.2) is 0 Å². The number of hydrogen-bond donors (Lipinski definition) is 1. The molecule has 2 heterocycles. The lowest BCUT2D eigenvalue weighted by molar-refractivity contribution is -0.165. The van der Waals surface area contributed by atoms with Crippen molar-refractivity contribution >= 4 is 11.9 Å². The van der Waals surface area contributed by atoms with Crippen molar-refractivity contribution in [2.24, 2.45) is 5.41 Å². The van der Waals surface area contributed by atoms with Gasteiger partial charge in [0.2, 0.25) is 5.91 Å². The number of likely N-dealkylation sites (N-methyl/N-ethyl adjacent to an activating group) is 1. The number of benzene rings is 1. The summed E-state index contributed by atoms with van der Waals surface area (Å²) in [6.07, 6.45) is 2.45. The summed E-state index contributed by atoms with van der Waals surface area (Å²) in [6, 6.07) is 9.33. The zero-order chi connectivity index (χ0) is 17.9. The predicted octanol–water partition coefficient (Wildman–Crippen LogP) is 1.85. The van der Waals surface area contributed by atoms with E-state index in [0.717, 1.165) is 18.7 Å². The van der Waals surface area contributed by atoms with Crippen LogP contribution in [0.2, 0.25) is 0 Å². The lowest BCUT2D eigenvalue weighted by atomic mass is 9.68. The van der Waals surface area contributed by atoms with Crippen molar-refractivity contribution < 1.29 is 19.4 Å². The van der Waals surface area contributed by atoms with E-state index in [0.29, 0.717) is 39.0 Å². The Morgan fingerprint density at radius 2 is 2.00 bits per heavy atom. The van der Waals surface area contributed by atoms with Gasteiger partial charge in [-0.2, -0.15) is 0 Å². The van der Waals surface area contributed by atoms with E-state index in [9.17, 15) is 14.7 Å². The van der Waals surface area contributed by atoms with Gasteiger partial charge in [0.1, 0.15) is 5.75 Å². The molecule has 2 atom stereocenters. The van der Waals surface area contributed by atoms with Crippen molar-refractivity contribution in [1.82, 2.24) is 9.80 Å². The summed E-state index contributed by atoms with van der Waals surface area (Å²) in [4.78, 5) is 28.4. The molecule has 25 heavy (non-hydrogen) atoms. The second kappa shape index (κ2) is 7.44. The second-order valence-electron chi connectivity index (χ2n) is 7.06. The van der Waals surface area contributed by atoms with Gasteiger partial charge in [0.15, 0.2) is 0 Å². The van der Waals surface area contributed by atoms with E-state index < -0.39 is 11.4 Å². The number of carbonyl (C=O) groups excluding carboxylic acids is 1. The van der Waals surface area contributed by atoms with Gasteiger partial charge >= 0.3 is 5.97 Å². The Labute approximate surface area is 148 Å². The van der Waals surface area contributed by atoms with Crippen LogP contribution in [0, 0.1) is 5.41 Å². The number of rotatable bonds is 5.